The van der Waals surface area contributed by atoms with E-state index < -0.39 is 24.0 Å². The number of hydrogen-bond donors (Lipinski definition) is 2. The second kappa shape index (κ2) is 8.56. The molecular weight excluding hydrogens is 316 g/mol. The Hall–Kier alpha value is -0.690. The first-order valence-electron chi connectivity index (χ1n) is 5.81. The monoisotopic (exact) mass is 332 g/mol. The van der Waals surface area contributed by atoms with Crippen molar-refractivity contribution in [1.82, 2.24) is 10.2 Å². The first-order chi connectivity index (χ1) is 8.61. The lowest BCUT2D eigenvalue weighted by Gasteiger charge is -2.34. The van der Waals surface area contributed by atoms with Crippen molar-refractivity contribution >= 4 is 24.8 Å². The molecule has 116 valence electrons. The van der Waals surface area contributed by atoms with Gasteiger partial charge in [0.2, 0.25) is 0 Å². The summed E-state index contributed by atoms with van der Waals surface area (Å²) in [6.07, 6.45) is -2.67. The molecule has 0 amide bonds. The summed E-state index contributed by atoms with van der Waals surface area (Å²) in [6.45, 7) is 2.12. The number of benzene rings is 1. The van der Waals surface area contributed by atoms with Gasteiger partial charge in [-0.05, 0) is 6.07 Å². The zero-order chi connectivity index (χ0) is 13.1. The van der Waals surface area contributed by atoms with E-state index in [4.69, 9.17) is 0 Å². The number of para-hydroxylation sites is 1. The fourth-order valence-electron chi connectivity index (χ4n) is 2.22. The van der Waals surface area contributed by atoms with Crippen molar-refractivity contribution in [2.24, 2.45) is 0 Å². The molecule has 1 aromatic rings. The van der Waals surface area contributed by atoms with Crippen molar-refractivity contribution in [1.29, 1.82) is 0 Å². The number of phenolic OH excluding ortho intramolecular Hbond substituents is 1. The Morgan fingerprint density at radius 2 is 1.75 bits per heavy atom. The minimum Gasteiger partial charge on any atom is -0.505 e. The summed E-state index contributed by atoms with van der Waals surface area (Å²) in [6, 6.07) is 2.47. The number of nitrogens with one attached hydrogen (secondary N) is 1. The van der Waals surface area contributed by atoms with E-state index in [-0.39, 0.29) is 30.4 Å². The van der Waals surface area contributed by atoms with E-state index in [0.29, 0.717) is 26.2 Å². The molecule has 0 saturated carbocycles. The second-order valence-electron chi connectivity index (χ2n) is 4.24. The molecule has 3 nitrogen and oxygen atoms in total. The Bertz CT molecular complexity index is 418. The predicted octanol–water partition coefficient (Wildman–Crippen LogP) is 2.59. The zero-order valence-electron chi connectivity index (χ0n) is 10.6. The Balaban J connectivity index is 0.00000180. The quantitative estimate of drug-likeness (QED) is 0.893. The maximum atomic E-state index is 13.2. The fraction of sp³-hybridized carbons (Fsp3) is 0.500. The van der Waals surface area contributed by atoms with Gasteiger partial charge < -0.3 is 10.4 Å². The number of piperazine rings is 1. The summed E-state index contributed by atoms with van der Waals surface area (Å²) in [5, 5.41) is 12.7. The van der Waals surface area contributed by atoms with Crippen molar-refractivity contribution in [3.63, 3.8) is 0 Å². The highest BCUT2D eigenvalue weighted by Gasteiger charge is 2.32. The predicted molar refractivity (Wildman–Crippen MR) is 75.7 cm³/mol. The number of alkyl halides is 2. The second-order valence-corrected chi connectivity index (χ2v) is 4.24. The molecule has 8 heteroatoms. The third kappa shape index (κ3) is 4.15. The number of rotatable bonds is 3. The number of halogens is 5. The van der Waals surface area contributed by atoms with Crippen LogP contribution in [-0.4, -0.2) is 42.6 Å². The van der Waals surface area contributed by atoms with Gasteiger partial charge in [0.25, 0.3) is 6.43 Å². The molecule has 1 fully saturated rings. The standard InChI is InChI=1S/C12H15F3N2O.2ClH/c13-9-3-1-2-8(11(9)18)10(12(14)15)17-6-4-16-5-7-17;;/h1-3,10,12,16,18H,4-7H2;2*1H/t10-;;/m0../s1. The van der Waals surface area contributed by atoms with Gasteiger partial charge in [0.1, 0.15) is 6.04 Å². The Labute approximate surface area is 128 Å². The third-order valence-electron chi connectivity index (χ3n) is 3.12. The van der Waals surface area contributed by atoms with Gasteiger partial charge >= 0.3 is 0 Å². The Morgan fingerprint density at radius 3 is 2.30 bits per heavy atom. The number of hydrogen-bond acceptors (Lipinski definition) is 3. The lowest BCUT2D eigenvalue weighted by Crippen LogP contribution is -2.46. The van der Waals surface area contributed by atoms with Gasteiger partial charge in [0.15, 0.2) is 11.6 Å². The summed E-state index contributed by atoms with van der Waals surface area (Å²) >= 11 is 0. The molecule has 0 unspecified atom stereocenters. The maximum Gasteiger partial charge on any atom is 0.258 e. The molecule has 0 radical (unpaired) electrons. The molecule has 0 bridgehead atoms. The van der Waals surface area contributed by atoms with Crippen LogP contribution in [0, 0.1) is 5.82 Å². The van der Waals surface area contributed by atoms with Crippen molar-refractivity contribution < 1.29 is 18.3 Å². The number of aromatic hydroxyl groups is 1. The van der Waals surface area contributed by atoms with Crippen LogP contribution in [0.3, 0.4) is 0 Å². The molecule has 1 heterocycles. The molecule has 0 spiro atoms. The van der Waals surface area contributed by atoms with E-state index >= 15 is 0 Å². The van der Waals surface area contributed by atoms with E-state index in [0.717, 1.165) is 6.07 Å². The molecule has 2 rings (SSSR count). The van der Waals surface area contributed by atoms with Gasteiger partial charge in [-0.25, -0.2) is 13.2 Å². The van der Waals surface area contributed by atoms with Crippen LogP contribution in [0.5, 0.6) is 5.75 Å². The van der Waals surface area contributed by atoms with E-state index in [2.05, 4.69) is 5.32 Å². The van der Waals surface area contributed by atoms with Crippen LogP contribution in [0.4, 0.5) is 13.2 Å². The molecular formula is C12H17Cl2F3N2O. The van der Waals surface area contributed by atoms with Crippen LogP contribution < -0.4 is 5.32 Å². The lowest BCUT2D eigenvalue weighted by molar-refractivity contribution is 0.0168. The smallest absolute Gasteiger partial charge is 0.258 e. The fourth-order valence-corrected chi connectivity index (χ4v) is 2.22. The molecule has 1 aliphatic heterocycles. The van der Waals surface area contributed by atoms with E-state index in [9.17, 15) is 18.3 Å². The highest BCUT2D eigenvalue weighted by molar-refractivity contribution is 5.85. The Kier molecular flexibility index (Phi) is 8.27. The van der Waals surface area contributed by atoms with Crippen LogP contribution in [0.15, 0.2) is 18.2 Å². The zero-order valence-corrected chi connectivity index (χ0v) is 12.2. The van der Waals surface area contributed by atoms with Crippen LogP contribution >= 0.6 is 24.8 Å². The maximum absolute atomic E-state index is 13.2. The average Bonchev–Trinajstić information content (AvgIpc) is 2.36. The first kappa shape index (κ1) is 19.3. The van der Waals surface area contributed by atoms with Gasteiger partial charge in [0.05, 0.1) is 0 Å². The van der Waals surface area contributed by atoms with Crippen LogP contribution in [0.1, 0.15) is 11.6 Å². The van der Waals surface area contributed by atoms with E-state index in [1.165, 1.54) is 12.1 Å². The molecule has 1 saturated heterocycles. The SMILES string of the molecule is Cl.Cl.Oc1c(F)cccc1[C@@H](C(F)F)N1CCNCC1. The van der Waals surface area contributed by atoms with E-state index in [1.54, 1.807) is 4.90 Å². The van der Waals surface area contributed by atoms with E-state index in [1.807, 2.05) is 0 Å². The number of phenols is 1. The molecule has 1 aromatic carbocycles. The first-order valence-corrected chi connectivity index (χ1v) is 5.81. The summed E-state index contributed by atoms with van der Waals surface area (Å²) in [5.74, 6) is -1.55. The highest BCUT2D eigenvalue weighted by Crippen LogP contribution is 2.34. The molecule has 2 N–H and O–H groups in total. The van der Waals surface area contributed by atoms with Crippen molar-refractivity contribution in [2.45, 2.75) is 12.5 Å². The number of nitrogens with zero attached hydrogens (tertiary/aromatic N) is 1. The van der Waals surface area contributed by atoms with Gasteiger partial charge in [-0.15, -0.1) is 24.8 Å². The Morgan fingerprint density at radius 1 is 1.15 bits per heavy atom. The summed E-state index contributed by atoms with van der Waals surface area (Å²) in [4.78, 5) is 1.57. The summed E-state index contributed by atoms with van der Waals surface area (Å²) < 4.78 is 39.6. The third-order valence-corrected chi connectivity index (χ3v) is 3.12. The van der Waals surface area contributed by atoms with Crippen molar-refractivity contribution in [3.8, 4) is 5.75 Å². The molecule has 1 atom stereocenters. The molecule has 0 aromatic heterocycles. The largest absolute Gasteiger partial charge is 0.505 e. The van der Waals surface area contributed by atoms with Crippen LogP contribution in [-0.2, 0) is 0 Å². The van der Waals surface area contributed by atoms with Gasteiger partial charge in [-0.1, -0.05) is 12.1 Å². The van der Waals surface area contributed by atoms with Crippen molar-refractivity contribution in [3.05, 3.63) is 29.6 Å². The topological polar surface area (TPSA) is 35.5 Å². The van der Waals surface area contributed by atoms with Gasteiger partial charge in [0, 0.05) is 31.7 Å². The molecule has 0 aliphatic carbocycles. The minimum atomic E-state index is -2.67. The van der Waals surface area contributed by atoms with Gasteiger partial charge in [-0.3, -0.25) is 4.90 Å². The van der Waals surface area contributed by atoms with Crippen LogP contribution in [0.2, 0.25) is 0 Å². The minimum absolute atomic E-state index is 0. The summed E-state index contributed by atoms with van der Waals surface area (Å²) in [7, 11) is 0. The molecule has 20 heavy (non-hydrogen) atoms. The molecule has 1 aliphatic rings. The lowest BCUT2D eigenvalue weighted by atomic mass is 10.0. The van der Waals surface area contributed by atoms with Gasteiger partial charge in [-0.2, -0.15) is 0 Å². The average molecular weight is 333 g/mol. The van der Waals surface area contributed by atoms with Crippen molar-refractivity contribution in [2.75, 3.05) is 26.2 Å². The normalized spacial score (nSPS) is 17.2. The van der Waals surface area contributed by atoms with Crippen LogP contribution in [0.25, 0.3) is 0 Å². The summed E-state index contributed by atoms with van der Waals surface area (Å²) in [5.41, 5.74) is -0.0492. The highest BCUT2D eigenvalue weighted by atomic mass is 35.5.